The molecule has 2 rings (SSSR count). The average molecular weight is 276 g/mol. The van der Waals surface area contributed by atoms with E-state index in [1.807, 2.05) is 18.2 Å². The molecule has 0 unspecified atom stereocenters. The molecular formula is C17H28N2O. The molecule has 3 nitrogen and oxygen atoms in total. The van der Waals surface area contributed by atoms with Crippen molar-refractivity contribution in [3.8, 4) is 5.75 Å². The first-order valence-electron chi connectivity index (χ1n) is 7.73. The zero-order valence-corrected chi connectivity index (χ0v) is 13.0. The maximum absolute atomic E-state index is 6.14. The van der Waals surface area contributed by atoms with Gasteiger partial charge in [-0.3, -0.25) is 0 Å². The van der Waals surface area contributed by atoms with Crippen LogP contribution in [-0.4, -0.2) is 13.7 Å². The lowest BCUT2D eigenvalue weighted by atomic mass is 9.78. The van der Waals surface area contributed by atoms with Crippen LogP contribution in [0.5, 0.6) is 5.75 Å². The van der Waals surface area contributed by atoms with E-state index in [2.05, 4.69) is 19.2 Å². The van der Waals surface area contributed by atoms with Gasteiger partial charge in [0, 0.05) is 6.54 Å². The van der Waals surface area contributed by atoms with Crippen LogP contribution in [0.25, 0.3) is 0 Å². The Morgan fingerprint density at radius 1 is 1.30 bits per heavy atom. The first-order valence-corrected chi connectivity index (χ1v) is 7.73. The molecular weight excluding hydrogens is 248 g/mol. The molecule has 0 aromatic heterocycles. The van der Waals surface area contributed by atoms with Crippen LogP contribution in [0.3, 0.4) is 0 Å². The van der Waals surface area contributed by atoms with Gasteiger partial charge in [0.1, 0.15) is 5.75 Å². The van der Waals surface area contributed by atoms with E-state index in [0.29, 0.717) is 11.1 Å². The van der Waals surface area contributed by atoms with Crippen molar-refractivity contribution in [3.63, 3.8) is 0 Å². The molecule has 0 spiro atoms. The summed E-state index contributed by atoms with van der Waals surface area (Å²) in [6.07, 6.45) is 6.69. The highest BCUT2D eigenvalue weighted by Crippen LogP contribution is 2.43. The van der Waals surface area contributed by atoms with Crippen molar-refractivity contribution in [1.29, 1.82) is 0 Å². The first kappa shape index (κ1) is 15.0. The number of ether oxygens (including phenoxy) is 1. The number of rotatable bonds is 6. The number of nitrogen functional groups attached to an aromatic ring is 1. The SMILES string of the molecule is COc1cccc(NCC2(CC(C)C)CCCC2)c1N. The largest absolute Gasteiger partial charge is 0.495 e. The second kappa shape index (κ2) is 6.38. The molecule has 0 bridgehead atoms. The Hall–Kier alpha value is -1.38. The van der Waals surface area contributed by atoms with E-state index in [-0.39, 0.29) is 0 Å². The second-order valence-electron chi connectivity index (χ2n) is 6.58. The van der Waals surface area contributed by atoms with Crippen LogP contribution < -0.4 is 15.8 Å². The van der Waals surface area contributed by atoms with E-state index >= 15 is 0 Å². The number of hydrogen-bond donors (Lipinski definition) is 2. The zero-order valence-electron chi connectivity index (χ0n) is 13.0. The van der Waals surface area contributed by atoms with Gasteiger partial charge in [-0.1, -0.05) is 32.8 Å². The Bertz CT molecular complexity index is 437. The summed E-state index contributed by atoms with van der Waals surface area (Å²) in [5.74, 6) is 1.50. The number of benzene rings is 1. The fourth-order valence-corrected chi connectivity index (χ4v) is 3.60. The maximum Gasteiger partial charge on any atom is 0.143 e. The van der Waals surface area contributed by atoms with Gasteiger partial charge in [0.2, 0.25) is 0 Å². The molecule has 1 aromatic rings. The Balaban J connectivity index is 2.06. The van der Waals surface area contributed by atoms with Gasteiger partial charge in [0.25, 0.3) is 0 Å². The summed E-state index contributed by atoms with van der Waals surface area (Å²) in [6, 6.07) is 5.93. The maximum atomic E-state index is 6.14. The van der Waals surface area contributed by atoms with Gasteiger partial charge < -0.3 is 15.8 Å². The molecule has 0 atom stereocenters. The van der Waals surface area contributed by atoms with E-state index in [1.54, 1.807) is 7.11 Å². The van der Waals surface area contributed by atoms with Gasteiger partial charge in [-0.05, 0) is 42.7 Å². The lowest BCUT2D eigenvalue weighted by Gasteiger charge is -2.32. The number of nitrogens with one attached hydrogen (secondary N) is 1. The fourth-order valence-electron chi connectivity index (χ4n) is 3.60. The summed E-state index contributed by atoms with van der Waals surface area (Å²) in [7, 11) is 1.66. The second-order valence-corrected chi connectivity index (χ2v) is 6.58. The summed E-state index contributed by atoms with van der Waals surface area (Å²) in [5, 5.41) is 3.57. The standard InChI is InChI=1S/C17H28N2O/c1-13(2)11-17(9-4-5-10-17)12-19-14-7-6-8-15(20-3)16(14)18/h6-8,13,19H,4-5,9-12,18H2,1-3H3. The van der Waals surface area contributed by atoms with E-state index in [4.69, 9.17) is 10.5 Å². The topological polar surface area (TPSA) is 47.3 Å². The quantitative estimate of drug-likeness (QED) is 0.762. The van der Waals surface area contributed by atoms with Crippen LogP contribution in [0, 0.1) is 11.3 Å². The van der Waals surface area contributed by atoms with Crippen LogP contribution >= 0.6 is 0 Å². The molecule has 0 saturated heterocycles. The smallest absolute Gasteiger partial charge is 0.143 e. The average Bonchev–Trinajstić information content (AvgIpc) is 2.85. The Labute approximate surface area is 122 Å². The number of nitrogens with two attached hydrogens (primary N) is 1. The Kier molecular flexibility index (Phi) is 4.79. The number of methoxy groups -OCH3 is 1. The third kappa shape index (κ3) is 3.38. The Morgan fingerprint density at radius 2 is 2.00 bits per heavy atom. The third-order valence-electron chi connectivity index (χ3n) is 4.45. The molecule has 1 fully saturated rings. The van der Waals surface area contributed by atoms with Crippen LogP contribution in [0.2, 0.25) is 0 Å². The van der Waals surface area contributed by atoms with Crippen LogP contribution in [0.1, 0.15) is 46.0 Å². The van der Waals surface area contributed by atoms with Crippen molar-refractivity contribution in [2.45, 2.75) is 46.0 Å². The van der Waals surface area contributed by atoms with Gasteiger partial charge in [0.15, 0.2) is 0 Å². The summed E-state index contributed by atoms with van der Waals surface area (Å²) in [5.41, 5.74) is 8.30. The van der Waals surface area contributed by atoms with Gasteiger partial charge in [-0.25, -0.2) is 0 Å². The minimum Gasteiger partial charge on any atom is -0.495 e. The molecule has 3 N–H and O–H groups in total. The van der Waals surface area contributed by atoms with E-state index in [9.17, 15) is 0 Å². The third-order valence-corrected chi connectivity index (χ3v) is 4.45. The van der Waals surface area contributed by atoms with Crippen LogP contribution in [-0.2, 0) is 0 Å². The van der Waals surface area contributed by atoms with E-state index in [1.165, 1.54) is 32.1 Å². The lowest BCUT2D eigenvalue weighted by Crippen LogP contribution is -2.28. The summed E-state index contributed by atoms with van der Waals surface area (Å²) in [4.78, 5) is 0. The molecule has 1 aliphatic carbocycles. The summed E-state index contributed by atoms with van der Waals surface area (Å²) in [6.45, 7) is 5.66. The van der Waals surface area contributed by atoms with Crippen molar-refractivity contribution in [2.75, 3.05) is 24.7 Å². The van der Waals surface area contributed by atoms with E-state index in [0.717, 1.165) is 23.9 Å². The molecule has 1 aromatic carbocycles. The Morgan fingerprint density at radius 3 is 2.60 bits per heavy atom. The van der Waals surface area contributed by atoms with Crippen molar-refractivity contribution >= 4 is 11.4 Å². The minimum absolute atomic E-state index is 0.448. The van der Waals surface area contributed by atoms with Crippen LogP contribution in [0.4, 0.5) is 11.4 Å². The van der Waals surface area contributed by atoms with Crippen molar-refractivity contribution in [3.05, 3.63) is 18.2 Å². The highest BCUT2D eigenvalue weighted by molar-refractivity contribution is 5.72. The highest BCUT2D eigenvalue weighted by atomic mass is 16.5. The predicted molar refractivity (Wildman–Crippen MR) is 86.3 cm³/mol. The molecule has 3 heteroatoms. The molecule has 112 valence electrons. The lowest BCUT2D eigenvalue weighted by molar-refractivity contribution is 0.252. The van der Waals surface area contributed by atoms with Gasteiger partial charge in [-0.2, -0.15) is 0 Å². The van der Waals surface area contributed by atoms with Crippen molar-refractivity contribution < 1.29 is 4.74 Å². The number of para-hydroxylation sites is 1. The molecule has 20 heavy (non-hydrogen) atoms. The first-order chi connectivity index (χ1) is 9.56. The van der Waals surface area contributed by atoms with Gasteiger partial charge in [0.05, 0.1) is 18.5 Å². The van der Waals surface area contributed by atoms with Crippen molar-refractivity contribution in [1.82, 2.24) is 0 Å². The molecule has 0 radical (unpaired) electrons. The van der Waals surface area contributed by atoms with Crippen molar-refractivity contribution in [2.24, 2.45) is 11.3 Å². The monoisotopic (exact) mass is 276 g/mol. The number of anilines is 2. The van der Waals surface area contributed by atoms with E-state index < -0.39 is 0 Å². The summed E-state index contributed by atoms with van der Waals surface area (Å²) < 4.78 is 5.28. The molecule has 0 aliphatic heterocycles. The molecule has 0 heterocycles. The van der Waals surface area contributed by atoms with Gasteiger partial charge >= 0.3 is 0 Å². The highest BCUT2D eigenvalue weighted by Gasteiger charge is 2.34. The fraction of sp³-hybridized carbons (Fsp3) is 0.647. The molecule has 1 saturated carbocycles. The summed E-state index contributed by atoms with van der Waals surface area (Å²) >= 11 is 0. The van der Waals surface area contributed by atoms with Gasteiger partial charge in [-0.15, -0.1) is 0 Å². The predicted octanol–water partition coefficient (Wildman–Crippen LogP) is 4.30. The normalized spacial score (nSPS) is 17.4. The molecule has 0 amide bonds. The van der Waals surface area contributed by atoms with Crippen LogP contribution in [0.15, 0.2) is 18.2 Å². The zero-order chi connectivity index (χ0) is 14.6. The number of hydrogen-bond acceptors (Lipinski definition) is 3. The minimum atomic E-state index is 0.448. The molecule has 1 aliphatic rings.